The number of allylic oxidation sites excluding steroid dienone is 4. The van der Waals surface area contributed by atoms with Crippen LogP contribution in [0.25, 0.3) is 0 Å². The standard InChI is InChI=1S/C45H84O16P2/c1-3-5-7-9-11-13-15-17-18-19-20-22-23-25-27-29-31-33-38(46)57-35-37(59-39(47)34-32-30-28-26-24-21-16-14-12-10-8-6-4-2)36-58-63(55,56)61-45-42(50)40(48)41(49)44(43(45)51)60-62(52,53)54/h11,13,17-18,37,40-45,48-51H,3-10,12,14-16,19-36H2,1-2H3,(H,55,56)(H2,52,53,54)/t37-,40?,41?,42?,43?,44-,45+/m1/s1. The molecule has 0 aromatic heterocycles. The molecule has 0 aromatic carbocycles. The third kappa shape index (κ3) is 31.2. The van der Waals surface area contributed by atoms with Gasteiger partial charge in [0, 0.05) is 12.8 Å². The molecule has 18 heteroatoms. The fraction of sp³-hybridized carbons (Fsp3) is 0.867. The number of phosphoric ester groups is 2. The van der Waals surface area contributed by atoms with Gasteiger partial charge in [0.25, 0.3) is 0 Å². The molecule has 1 saturated carbocycles. The average Bonchev–Trinajstić information content (AvgIpc) is 3.23. The van der Waals surface area contributed by atoms with Gasteiger partial charge in [-0.2, -0.15) is 0 Å². The lowest BCUT2D eigenvalue weighted by Crippen LogP contribution is -2.64. The van der Waals surface area contributed by atoms with Gasteiger partial charge in [0.1, 0.15) is 43.2 Å². The number of carbonyl (C=O) groups excluding carboxylic acids is 2. The molecule has 8 atom stereocenters. The maximum Gasteiger partial charge on any atom is 0.472 e. The molecule has 0 saturated heterocycles. The molecule has 0 aromatic rings. The summed E-state index contributed by atoms with van der Waals surface area (Å²) in [6, 6.07) is 0. The van der Waals surface area contributed by atoms with Crippen molar-refractivity contribution in [1.82, 2.24) is 0 Å². The molecule has 0 aliphatic heterocycles. The number of unbranched alkanes of at least 4 members (excludes halogenated alkanes) is 22. The van der Waals surface area contributed by atoms with Crippen LogP contribution in [0.3, 0.4) is 0 Å². The van der Waals surface area contributed by atoms with E-state index in [0.717, 1.165) is 83.5 Å². The molecule has 1 aliphatic rings. The van der Waals surface area contributed by atoms with E-state index in [1.165, 1.54) is 70.6 Å². The molecular weight excluding hydrogens is 858 g/mol. The van der Waals surface area contributed by atoms with Gasteiger partial charge in [0.15, 0.2) is 6.10 Å². The zero-order valence-electron chi connectivity index (χ0n) is 38.3. The average molecular weight is 943 g/mol. The Balaban J connectivity index is 2.58. The molecule has 0 spiro atoms. The van der Waals surface area contributed by atoms with Gasteiger partial charge in [-0.25, -0.2) is 9.13 Å². The number of aliphatic hydroxyl groups is 4. The molecule has 0 radical (unpaired) electrons. The Kier molecular flexibility index (Phi) is 34.5. The minimum Gasteiger partial charge on any atom is -0.462 e. The van der Waals surface area contributed by atoms with Crippen LogP contribution in [0.2, 0.25) is 0 Å². The van der Waals surface area contributed by atoms with Crippen LogP contribution in [0, 0.1) is 0 Å². The van der Waals surface area contributed by atoms with E-state index in [-0.39, 0.29) is 12.8 Å². The molecule has 16 nitrogen and oxygen atoms in total. The number of carbonyl (C=O) groups is 2. The summed E-state index contributed by atoms with van der Waals surface area (Å²) in [6.45, 7) is 3.08. The molecule has 1 aliphatic carbocycles. The van der Waals surface area contributed by atoms with Crippen molar-refractivity contribution in [2.75, 3.05) is 13.2 Å². The van der Waals surface area contributed by atoms with Gasteiger partial charge in [-0.1, -0.05) is 160 Å². The third-order valence-electron chi connectivity index (χ3n) is 11.0. The van der Waals surface area contributed by atoms with Gasteiger partial charge in [0.2, 0.25) is 0 Å². The van der Waals surface area contributed by atoms with Crippen LogP contribution in [-0.2, 0) is 41.8 Å². The van der Waals surface area contributed by atoms with Gasteiger partial charge in [-0.3, -0.25) is 23.2 Å². The molecule has 0 heterocycles. The van der Waals surface area contributed by atoms with Gasteiger partial charge in [-0.05, 0) is 44.9 Å². The minimum atomic E-state index is -5.36. The maximum atomic E-state index is 13.0. The van der Waals surface area contributed by atoms with Gasteiger partial charge < -0.3 is 44.6 Å². The summed E-state index contributed by atoms with van der Waals surface area (Å²) in [6.07, 6.45) is 22.8. The van der Waals surface area contributed by atoms with Crippen molar-refractivity contribution >= 4 is 27.6 Å². The van der Waals surface area contributed by atoms with E-state index in [4.69, 9.17) is 28.3 Å². The summed E-state index contributed by atoms with van der Waals surface area (Å²) >= 11 is 0. The Hall–Kier alpha value is -1.52. The SMILES string of the molecule is CCCCCC=CCC=CCCCCCCCCCC(=O)OC[C@H](COP(=O)(O)O[C@H]1C(O)C(O)C(O)[C@@H](OP(=O)(O)O)C1O)OC(=O)CCCCCCCCCCCCCCC. The van der Waals surface area contributed by atoms with Gasteiger partial charge in [-0.15, -0.1) is 0 Å². The largest absolute Gasteiger partial charge is 0.472 e. The maximum absolute atomic E-state index is 13.0. The zero-order chi connectivity index (χ0) is 46.8. The predicted octanol–water partition coefficient (Wildman–Crippen LogP) is 8.95. The van der Waals surface area contributed by atoms with Crippen molar-refractivity contribution in [2.45, 2.75) is 236 Å². The van der Waals surface area contributed by atoms with E-state index in [1.807, 2.05) is 0 Å². The van der Waals surface area contributed by atoms with Crippen LogP contribution < -0.4 is 0 Å². The molecule has 0 bridgehead atoms. The van der Waals surface area contributed by atoms with Crippen molar-refractivity contribution in [2.24, 2.45) is 0 Å². The van der Waals surface area contributed by atoms with Crippen molar-refractivity contribution < 1.29 is 76.9 Å². The Morgan fingerprint density at radius 2 is 0.921 bits per heavy atom. The first-order chi connectivity index (χ1) is 30.1. The highest BCUT2D eigenvalue weighted by atomic mass is 31.2. The van der Waals surface area contributed by atoms with Crippen LogP contribution >= 0.6 is 15.6 Å². The predicted molar refractivity (Wildman–Crippen MR) is 241 cm³/mol. The Labute approximate surface area is 377 Å². The van der Waals surface area contributed by atoms with Crippen LogP contribution in [0.15, 0.2) is 24.3 Å². The number of hydrogen-bond donors (Lipinski definition) is 7. The van der Waals surface area contributed by atoms with Crippen molar-refractivity contribution in [3.8, 4) is 0 Å². The summed E-state index contributed by atoms with van der Waals surface area (Å²) in [4.78, 5) is 54.2. The number of esters is 2. The smallest absolute Gasteiger partial charge is 0.462 e. The van der Waals surface area contributed by atoms with Crippen LogP contribution in [0.1, 0.15) is 194 Å². The normalized spacial score (nSPS) is 22.1. The van der Waals surface area contributed by atoms with Gasteiger partial charge >= 0.3 is 27.6 Å². The summed E-state index contributed by atoms with van der Waals surface area (Å²) in [5, 5.41) is 41.2. The highest BCUT2D eigenvalue weighted by molar-refractivity contribution is 7.47. The molecule has 370 valence electrons. The second kappa shape index (κ2) is 36.6. The van der Waals surface area contributed by atoms with Crippen LogP contribution in [0.5, 0.6) is 0 Å². The van der Waals surface area contributed by atoms with E-state index >= 15 is 0 Å². The lowest BCUT2D eigenvalue weighted by Gasteiger charge is -2.43. The third-order valence-corrected chi connectivity index (χ3v) is 12.5. The summed E-state index contributed by atoms with van der Waals surface area (Å²) in [5.74, 6) is -1.21. The van der Waals surface area contributed by atoms with E-state index in [2.05, 4.69) is 42.7 Å². The molecule has 5 unspecified atom stereocenters. The molecule has 1 fully saturated rings. The topological polar surface area (TPSA) is 256 Å². The van der Waals surface area contributed by atoms with Crippen molar-refractivity contribution in [3.63, 3.8) is 0 Å². The number of ether oxygens (including phenoxy) is 2. The van der Waals surface area contributed by atoms with Crippen molar-refractivity contribution in [1.29, 1.82) is 0 Å². The quantitative estimate of drug-likeness (QED) is 0.0131. The molecule has 7 N–H and O–H groups in total. The fourth-order valence-corrected chi connectivity index (χ4v) is 8.83. The lowest BCUT2D eigenvalue weighted by molar-refractivity contribution is -0.216. The van der Waals surface area contributed by atoms with E-state index in [9.17, 15) is 44.0 Å². The highest BCUT2D eigenvalue weighted by Gasteiger charge is 2.54. The first-order valence-corrected chi connectivity index (χ1v) is 26.9. The molecular formula is C45H84O16P2. The summed E-state index contributed by atoms with van der Waals surface area (Å²) in [7, 11) is -10.7. The van der Waals surface area contributed by atoms with Crippen LogP contribution in [0.4, 0.5) is 0 Å². The second-order valence-electron chi connectivity index (χ2n) is 16.8. The Morgan fingerprint density at radius 1 is 0.508 bits per heavy atom. The van der Waals surface area contributed by atoms with Gasteiger partial charge in [0.05, 0.1) is 6.61 Å². The van der Waals surface area contributed by atoms with E-state index < -0.39 is 83.5 Å². The minimum absolute atomic E-state index is 0.0463. The first-order valence-electron chi connectivity index (χ1n) is 23.9. The van der Waals surface area contributed by atoms with E-state index in [0.29, 0.717) is 12.8 Å². The fourth-order valence-electron chi connectivity index (χ4n) is 7.29. The number of hydrogen-bond acceptors (Lipinski definition) is 13. The monoisotopic (exact) mass is 943 g/mol. The first kappa shape index (κ1) is 59.5. The van der Waals surface area contributed by atoms with Crippen molar-refractivity contribution in [3.05, 3.63) is 24.3 Å². The number of rotatable bonds is 40. The molecule has 0 amide bonds. The van der Waals surface area contributed by atoms with Crippen LogP contribution in [-0.4, -0.2) is 103 Å². The molecule has 63 heavy (non-hydrogen) atoms. The second-order valence-corrected chi connectivity index (χ2v) is 19.4. The number of phosphoric acid groups is 2. The summed E-state index contributed by atoms with van der Waals surface area (Å²) in [5.41, 5.74) is 0. The molecule has 1 rings (SSSR count). The lowest BCUT2D eigenvalue weighted by atomic mass is 9.85. The Morgan fingerprint density at radius 3 is 1.41 bits per heavy atom. The Bertz CT molecular complexity index is 1330. The number of aliphatic hydroxyl groups excluding tert-OH is 4. The van der Waals surface area contributed by atoms with E-state index in [1.54, 1.807) is 0 Å². The summed E-state index contributed by atoms with van der Waals surface area (Å²) < 4.78 is 49.4. The highest BCUT2D eigenvalue weighted by Crippen LogP contribution is 2.49. The zero-order valence-corrected chi connectivity index (χ0v) is 40.1.